The lowest BCUT2D eigenvalue weighted by Crippen LogP contribution is -2.31. The van der Waals surface area contributed by atoms with Gasteiger partial charge in [-0.05, 0) is 37.3 Å². The van der Waals surface area contributed by atoms with E-state index in [9.17, 15) is 8.42 Å². The Morgan fingerprint density at radius 2 is 2.05 bits per heavy atom. The van der Waals surface area contributed by atoms with Crippen LogP contribution in [0.3, 0.4) is 0 Å². The monoisotopic (exact) mass is 282 g/mol. The molecule has 0 aliphatic heterocycles. The van der Waals surface area contributed by atoms with E-state index >= 15 is 0 Å². The summed E-state index contributed by atoms with van der Waals surface area (Å²) in [5.74, 6) is 0.785. The molecular weight excluding hydrogens is 260 g/mol. The van der Waals surface area contributed by atoms with Crippen molar-refractivity contribution < 1.29 is 8.42 Å². The molecule has 1 atom stereocenters. The Balaban J connectivity index is 2.11. The van der Waals surface area contributed by atoms with Crippen molar-refractivity contribution in [1.82, 2.24) is 0 Å². The largest absolute Gasteiger partial charge is 0.382 e. The summed E-state index contributed by atoms with van der Waals surface area (Å²) in [5.41, 5.74) is 6.71. The Bertz CT molecular complexity index is 524. The Morgan fingerprint density at radius 1 is 1.37 bits per heavy atom. The molecular formula is C14H22N2O2S. The van der Waals surface area contributed by atoms with Crippen molar-refractivity contribution in [2.45, 2.75) is 37.1 Å². The fraction of sp³-hybridized carbons (Fsp3) is 0.571. The van der Waals surface area contributed by atoms with Gasteiger partial charge in [0.15, 0.2) is 9.84 Å². The molecule has 0 aromatic heterocycles. The minimum absolute atomic E-state index is 0.113. The molecule has 2 rings (SSSR count). The molecule has 106 valence electrons. The Hall–Kier alpha value is -1.07. The van der Waals surface area contributed by atoms with Crippen molar-refractivity contribution in [2.24, 2.45) is 11.7 Å². The highest BCUT2D eigenvalue weighted by Gasteiger charge is 2.28. The first kappa shape index (κ1) is 14.3. The molecule has 1 unspecified atom stereocenters. The second-order valence-electron chi connectivity index (χ2n) is 5.20. The summed E-state index contributed by atoms with van der Waals surface area (Å²) < 4.78 is 24.3. The number of hydrogen-bond acceptors (Lipinski definition) is 4. The van der Waals surface area contributed by atoms with Crippen LogP contribution >= 0.6 is 0 Å². The van der Waals surface area contributed by atoms with Gasteiger partial charge in [-0.25, -0.2) is 8.42 Å². The summed E-state index contributed by atoms with van der Waals surface area (Å²) in [6, 6.07) is 7.18. The second-order valence-corrected chi connectivity index (χ2v) is 7.27. The van der Waals surface area contributed by atoms with Gasteiger partial charge in [0.1, 0.15) is 0 Å². The van der Waals surface area contributed by atoms with Crippen LogP contribution in [0, 0.1) is 5.92 Å². The average Bonchev–Trinajstić information content (AvgIpc) is 3.20. The molecule has 0 spiro atoms. The van der Waals surface area contributed by atoms with Crippen LogP contribution in [-0.2, 0) is 9.84 Å². The highest BCUT2D eigenvalue weighted by atomic mass is 32.2. The van der Waals surface area contributed by atoms with E-state index in [1.807, 2.05) is 19.1 Å². The van der Waals surface area contributed by atoms with E-state index in [0.717, 1.165) is 0 Å². The summed E-state index contributed by atoms with van der Waals surface area (Å²) >= 11 is 0. The van der Waals surface area contributed by atoms with E-state index in [1.165, 1.54) is 12.8 Å². The van der Waals surface area contributed by atoms with Gasteiger partial charge in [-0.2, -0.15) is 0 Å². The van der Waals surface area contributed by atoms with Crippen LogP contribution in [0.5, 0.6) is 0 Å². The van der Waals surface area contributed by atoms with Crippen molar-refractivity contribution in [3.8, 4) is 0 Å². The van der Waals surface area contributed by atoms with Gasteiger partial charge < -0.3 is 11.1 Å². The third-order valence-electron chi connectivity index (χ3n) is 3.45. The van der Waals surface area contributed by atoms with Gasteiger partial charge in [0.05, 0.1) is 16.3 Å². The maximum Gasteiger partial charge on any atom is 0.180 e. The first-order valence-corrected chi connectivity index (χ1v) is 8.51. The first-order valence-electron chi connectivity index (χ1n) is 6.86. The Morgan fingerprint density at radius 3 is 2.68 bits per heavy atom. The maximum absolute atomic E-state index is 12.2. The third kappa shape index (κ3) is 3.70. The zero-order chi connectivity index (χ0) is 13.9. The van der Waals surface area contributed by atoms with Crippen molar-refractivity contribution in [3.63, 3.8) is 0 Å². The molecule has 0 heterocycles. The molecule has 1 aromatic rings. The van der Waals surface area contributed by atoms with Crippen molar-refractivity contribution in [3.05, 3.63) is 24.3 Å². The maximum atomic E-state index is 12.2. The average molecular weight is 282 g/mol. The number of benzene rings is 1. The quantitative estimate of drug-likeness (QED) is 0.802. The number of hydrogen-bond donors (Lipinski definition) is 2. The number of rotatable bonds is 7. The Kier molecular flexibility index (Phi) is 4.47. The van der Waals surface area contributed by atoms with E-state index in [4.69, 9.17) is 5.73 Å². The van der Waals surface area contributed by atoms with E-state index in [2.05, 4.69) is 5.32 Å². The van der Waals surface area contributed by atoms with Crippen LogP contribution in [0.25, 0.3) is 0 Å². The highest BCUT2D eigenvalue weighted by Crippen LogP contribution is 2.32. The van der Waals surface area contributed by atoms with Crippen LogP contribution in [0.15, 0.2) is 29.2 Å². The minimum Gasteiger partial charge on any atom is -0.382 e. The second kappa shape index (κ2) is 5.92. The van der Waals surface area contributed by atoms with E-state index < -0.39 is 9.84 Å². The number of anilines is 1. The SMILES string of the molecule is CCCS(=O)(=O)c1ccccc1NCC(N)C1CC1. The fourth-order valence-corrected chi connectivity index (χ4v) is 3.70. The zero-order valence-electron chi connectivity index (χ0n) is 11.3. The molecule has 1 aliphatic carbocycles. The molecule has 1 aromatic carbocycles. The van der Waals surface area contributed by atoms with Gasteiger partial charge in [0.2, 0.25) is 0 Å². The molecule has 0 bridgehead atoms. The standard InChI is InChI=1S/C14H22N2O2S/c1-2-9-19(17,18)14-6-4-3-5-13(14)16-10-12(15)11-7-8-11/h3-6,11-12,16H,2,7-10,15H2,1H3. The van der Waals surface area contributed by atoms with Crippen molar-refractivity contribution in [2.75, 3.05) is 17.6 Å². The van der Waals surface area contributed by atoms with E-state index in [-0.39, 0.29) is 11.8 Å². The smallest absolute Gasteiger partial charge is 0.180 e. The molecule has 1 aliphatic rings. The van der Waals surface area contributed by atoms with Crippen LogP contribution in [0.4, 0.5) is 5.69 Å². The number of nitrogens with one attached hydrogen (secondary N) is 1. The number of sulfone groups is 1. The summed E-state index contributed by atoms with van der Waals surface area (Å²) in [5, 5.41) is 3.19. The normalized spacial score (nSPS) is 17.2. The van der Waals surface area contributed by atoms with Crippen molar-refractivity contribution >= 4 is 15.5 Å². The van der Waals surface area contributed by atoms with Crippen molar-refractivity contribution in [1.29, 1.82) is 0 Å². The lowest BCUT2D eigenvalue weighted by Gasteiger charge is -2.15. The molecule has 1 fully saturated rings. The summed E-state index contributed by atoms with van der Waals surface area (Å²) in [7, 11) is -3.20. The molecule has 3 N–H and O–H groups in total. The lowest BCUT2D eigenvalue weighted by atomic mass is 10.2. The van der Waals surface area contributed by atoms with E-state index in [1.54, 1.807) is 12.1 Å². The van der Waals surface area contributed by atoms with Crippen LogP contribution < -0.4 is 11.1 Å². The molecule has 1 saturated carbocycles. The summed E-state index contributed by atoms with van der Waals surface area (Å²) in [6.45, 7) is 2.50. The lowest BCUT2D eigenvalue weighted by molar-refractivity contribution is 0.594. The van der Waals surface area contributed by atoms with Gasteiger partial charge in [0.25, 0.3) is 0 Å². The Labute approximate surface area is 115 Å². The van der Waals surface area contributed by atoms with Gasteiger partial charge in [-0.15, -0.1) is 0 Å². The van der Waals surface area contributed by atoms with Gasteiger partial charge in [-0.3, -0.25) is 0 Å². The van der Waals surface area contributed by atoms with Crippen LogP contribution in [0.2, 0.25) is 0 Å². The predicted octanol–water partition coefficient (Wildman–Crippen LogP) is 2.02. The van der Waals surface area contributed by atoms with Gasteiger partial charge in [0, 0.05) is 12.6 Å². The predicted molar refractivity (Wildman–Crippen MR) is 78.0 cm³/mol. The molecule has 0 amide bonds. The highest BCUT2D eigenvalue weighted by molar-refractivity contribution is 7.91. The minimum atomic E-state index is -3.20. The van der Waals surface area contributed by atoms with Crippen LogP contribution in [0.1, 0.15) is 26.2 Å². The van der Waals surface area contributed by atoms with Gasteiger partial charge in [-0.1, -0.05) is 19.1 Å². The first-order chi connectivity index (χ1) is 9.04. The van der Waals surface area contributed by atoms with Gasteiger partial charge >= 0.3 is 0 Å². The molecule has 0 radical (unpaired) electrons. The van der Waals surface area contributed by atoms with Crippen LogP contribution in [-0.4, -0.2) is 26.8 Å². The topological polar surface area (TPSA) is 72.2 Å². The summed E-state index contributed by atoms with van der Waals surface area (Å²) in [4.78, 5) is 0.389. The zero-order valence-corrected chi connectivity index (χ0v) is 12.1. The number of para-hydroxylation sites is 1. The molecule has 4 nitrogen and oxygen atoms in total. The molecule has 0 saturated heterocycles. The molecule has 5 heteroatoms. The molecule has 19 heavy (non-hydrogen) atoms. The fourth-order valence-electron chi connectivity index (χ4n) is 2.18. The van der Waals surface area contributed by atoms with E-state index in [0.29, 0.717) is 29.5 Å². The summed E-state index contributed by atoms with van der Waals surface area (Å²) in [6.07, 6.45) is 3.01. The third-order valence-corrected chi connectivity index (χ3v) is 5.42. The number of nitrogens with two attached hydrogens (primary N) is 1.